The zero-order valence-corrected chi connectivity index (χ0v) is 11.3. The largest absolute Gasteiger partial charge is 0.384 e. The average Bonchev–Trinajstić information content (AvgIpc) is 2.35. The molecule has 0 unspecified atom stereocenters. The molecule has 0 amide bonds. The molecule has 1 N–H and O–H groups in total. The van der Waals surface area contributed by atoms with Gasteiger partial charge in [0, 0.05) is 23.7 Å². The van der Waals surface area contributed by atoms with Gasteiger partial charge in [-0.1, -0.05) is 19.9 Å². The fourth-order valence-corrected chi connectivity index (χ4v) is 2.09. The summed E-state index contributed by atoms with van der Waals surface area (Å²) in [5.41, 5.74) is 1.22. The van der Waals surface area contributed by atoms with Crippen LogP contribution in [0.25, 0.3) is 0 Å². The van der Waals surface area contributed by atoms with Gasteiger partial charge in [-0.2, -0.15) is 0 Å². The quantitative estimate of drug-likeness (QED) is 0.735. The third-order valence-corrected chi connectivity index (χ3v) is 3.45. The molecule has 1 aromatic rings. The van der Waals surface area contributed by atoms with Crippen LogP contribution in [0.3, 0.4) is 0 Å². The molecular weight excluding hydrogens is 216 g/mol. The number of anilines is 1. The molecule has 0 radical (unpaired) electrons. The Labute approximate surface area is 103 Å². The van der Waals surface area contributed by atoms with Crippen molar-refractivity contribution in [2.75, 3.05) is 37.8 Å². The normalized spacial score (nSPS) is 10.8. The van der Waals surface area contributed by atoms with Crippen LogP contribution in [0.2, 0.25) is 0 Å². The molecule has 0 spiro atoms. The minimum Gasteiger partial charge on any atom is -0.384 e. The molecule has 3 heteroatoms. The summed E-state index contributed by atoms with van der Waals surface area (Å²) in [4.78, 5) is 3.73. The molecule has 2 nitrogen and oxygen atoms in total. The first-order valence-corrected chi connectivity index (χ1v) is 7.12. The average molecular weight is 238 g/mol. The van der Waals surface area contributed by atoms with Crippen molar-refractivity contribution < 1.29 is 0 Å². The first-order valence-electron chi connectivity index (χ1n) is 5.90. The number of hydrogen-bond donors (Lipinski definition) is 1. The first-order chi connectivity index (χ1) is 7.80. The topological polar surface area (TPSA) is 15.3 Å². The van der Waals surface area contributed by atoms with Gasteiger partial charge < -0.3 is 10.2 Å². The molecule has 0 aromatic heterocycles. The zero-order chi connectivity index (χ0) is 11.8. The zero-order valence-electron chi connectivity index (χ0n) is 10.5. The van der Waals surface area contributed by atoms with E-state index in [1.54, 1.807) is 11.8 Å². The van der Waals surface area contributed by atoms with Crippen molar-refractivity contribution in [2.45, 2.75) is 18.7 Å². The predicted molar refractivity (Wildman–Crippen MR) is 74.5 cm³/mol. The Hall–Kier alpha value is -0.670. The van der Waals surface area contributed by atoms with E-state index in [4.69, 9.17) is 0 Å². The van der Waals surface area contributed by atoms with Gasteiger partial charge in [-0.15, -0.1) is 11.8 Å². The van der Waals surface area contributed by atoms with Gasteiger partial charge in [0.15, 0.2) is 0 Å². The lowest BCUT2D eigenvalue weighted by atomic mass is 10.3. The van der Waals surface area contributed by atoms with Crippen molar-refractivity contribution >= 4 is 17.4 Å². The fourth-order valence-electron chi connectivity index (χ4n) is 1.63. The van der Waals surface area contributed by atoms with Crippen LogP contribution < -0.4 is 5.32 Å². The molecule has 0 aliphatic heterocycles. The molecule has 0 fully saturated rings. The smallest absolute Gasteiger partial charge is 0.0351 e. The number of hydrogen-bond acceptors (Lipinski definition) is 3. The molecule has 16 heavy (non-hydrogen) atoms. The van der Waals surface area contributed by atoms with E-state index in [1.165, 1.54) is 10.6 Å². The van der Waals surface area contributed by atoms with E-state index >= 15 is 0 Å². The third-order valence-electron chi connectivity index (χ3n) is 2.72. The van der Waals surface area contributed by atoms with Crippen LogP contribution in [0.1, 0.15) is 13.8 Å². The number of nitrogens with one attached hydrogen (secondary N) is 1. The maximum absolute atomic E-state index is 3.46. The van der Waals surface area contributed by atoms with Gasteiger partial charge in [0.2, 0.25) is 0 Å². The molecule has 0 saturated heterocycles. The van der Waals surface area contributed by atoms with Crippen molar-refractivity contribution in [2.24, 2.45) is 0 Å². The van der Waals surface area contributed by atoms with E-state index in [0.717, 1.165) is 26.2 Å². The van der Waals surface area contributed by atoms with Gasteiger partial charge in [0.25, 0.3) is 0 Å². The molecule has 0 saturated carbocycles. The molecule has 0 aliphatic carbocycles. The Balaban J connectivity index is 2.36. The highest BCUT2D eigenvalue weighted by Gasteiger charge is 1.98. The lowest BCUT2D eigenvalue weighted by Crippen LogP contribution is -2.28. The maximum atomic E-state index is 3.46. The van der Waals surface area contributed by atoms with Crippen LogP contribution >= 0.6 is 11.8 Å². The van der Waals surface area contributed by atoms with Gasteiger partial charge in [0.1, 0.15) is 0 Å². The van der Waals surface area contributed by atoms with Gasteiger partial charge >= 0.3 is 0 Å². The van der Waals surface area contributed by atoms with Crippen LogP contribution in [0, 0.1) is 0 Å². The van der Waals surface area contributed by atoms with Crippen molar-refractivity contribution in [3.63, 3.8) is 0 Å². The molecule has 0 heterocycles. The Morgan fingerprint density at radius 2 is 2.00 bits per heavy atom. The van der Waals surface area contributed by atoms with Crippen molar-refractivity contribution in [3.05, 3.63) is 24.3 Å². The number of likely N-dealkylation sites (N-methyl/N-ethyl adjacent to an activating group) is 1. The third kappa shape index (κ3) is 4.45. The summed E-state index contributed by atoms with van der Waals surface area (Å²) in [6.07, 6.45) is 2.11. The summed E-state index contributed by atoms with van der Waals surface area (Å²) in [5.74, 6) is 0. The minimum absolute atomic E-state index is 1.01. The van der Waals surface area contributed by atoms with Gasteiger partial charge in [-0.05, 0) is 37.5 Å². The van der Waals surface area contributed by atoms with Gasteiger partial charge in [-0.25, -0.2) is 0 Å². The standard InChI is InChI=1S/C13H22N2S/c1-4-15(5-2)10-9-14-12-7-6-8-13(11-12)16-3/h6-8,11,14H,4-5,9-10H2,1-3H3. The Bertz CT molecular complexity index is 298. The highest BCUT2D eigenvalue weighted by molar-refractivity contribution is 7.98. The molecule has 0 aliphatic rings. The number of rotatable bonds is 7. The maximum Gasteiger partial charge on any atom is 0.0351 e. The molecule has 90 valence electrons. The van der Waals surface area contributed by atoms with Gasteiger partial charge in [0.05, 0.1) is 0 Å². The summed E-state index contributed by atoms with van der Waals surface area (Å²) in [6, 6.07) is 8.57. The second kappa shape index (κ2) is 7.58. The molecule has 0 bridgehead atoms. The van der Waals surface area contributed by atoms with Crippen LogP contribution in [0.15, 0.2) is 29.2 Å². The highest BCUT2D eigenvalue weighted by Crippen LogP contribution is 2.18. The summed E-state index contributed by atoms with van der Waals surface area (Å²) >= 11 is 1.78. The lowest BCUT2D eigenvalue weighted by molar-refractivity contribution is 0.316. The SMILES string of the molecule is CCN(CC)CCNc1cccc(SC)c1. The van der Waals surface area contributed by atoms with Crippen molar-refractivity contribution in [1.29, 1.82) is 0 Å². The molecular formula is C13H22N2S. The number of thioether (sulfide) groups is 1. The van der Waals surface area contributed by atoms with Crippen LogP contribution in [0.5, 0.6) is 0 Å². The van der Waals surface area contributed by atoms with Crippen molar-refractivity contribution in [1.82, 2.24) is 4.90 Å². The van der Waals surface area contributed by atoms with Crippen LogP contribution in [0.4, 0.5) is 5.69 Å². The lowest BCUT2D eigenvalue weighted by Gasteiger charge is -2.18. The molecule has 0 atom stereocenters. The van der Waals surface area contributed by atoms with E-state index in [2.05, 4.69) is 54.6 Å². The monoisotopic (exact) mass is 238 g/mol. The van der Waals surface area contributed by atoms with E-state index in [1.807, 2.05) is 0 Å². The Kier molecular flexibility index (Phi) is 6.34. The highest BCUT2D eigenvalue weighted by atomic mass is 32.2. The second-order valence-electron chi connectivity index (χ2n) is 3.69. The molecule has 1 rings (SSSR count). The van der Waals surface area contributed by atoms with E-state index in [9.17, 15) is 0 Å². The minimum atomic E-state index is 1.01. The van der Waals surface area contributed by atoms with E-state index in [-0.39, 0.29) is 0 Å². The Morgan fingerprint density at radius 3 is 2.62 bits per heavy atom. The number of nitrogens with zero attached hydrogens (tertiary/aromatic N) is 1. The van der Waals surface area contributed by atoms with E-state index in [0.29, 0.717) is 0 Å². The fraction of sp³-hybridized carbons (Fsp3) is 0.538. The first kappa shape index (κ1) is 13.4. The summed E-state index contributed by atoms with van der Waals surface area (Å²) in [7, 11) is 0. The Morgan fingerprint density at radius 1 is 1.25 bits per heavy atom. The van der Waals surface area contributed by atoms with Crippen molar-refractivity contribution in [3.8, 4) is 0 Å². The van der Waals surface area contributed by atoms with Crippen LogP contribution in [-0.2, 0) is 0 Å². The summed E-state index contributed by atoms with van der Waals surface area (Å²) in [6.45, 7) is 8.79. The second-order valence-corrected chi connectivity index (χ2v) is 4.57. The predicted octanol–water partition coefficient (Wildman–Crippen LogP) is 3.16. The summed E-state index contributed by atoms with van der Waals surface area (Å²) < 4.78 is 0. The summed E-state index contributed by atoms with van der Waals surface area (Å²) in [5, 5.41) is 3.46. The van der Waals surface area contributed by atoms with E-state index < -0.39 is 0 Å². The van der Waals surface area contributed by atoms with Gasteiger partial charge in [-0.3, -0.25) is 0 Å². The van der Waals surface area contributed by atoms with Crippen LogP contribution in [-0.4, -0.2) is 37.3 Å². The number of benzene rings is 1. The molecule has 1 aromatic carbocycles.